The van der Waals surface area contributed by atoms with Crippen LogP contribution in [0.2, 0.25) is 0 Å². The molecule has 0 aromatic heterocycles. The maximum atomic E-state index is 13.1. The Morgan fingerprint density at radius 2 is 0.526 bits per heavy atom. The number of carbonyl (C=O) groups excluding carboxylic acids is 4. The Morgan fingerprint density at radius 1 is 0.299 bits per heavy atom. The number of aliphatic hydroxyl groups is 1. The van der Waals surface area contributed by atoms with Crippen molar-refractivity contribution in [3.8, 4) is 0 Å². The smallest absolute Gasteiger partial charge is 0.462 e. The number of rotatable bonds is 76. The molecule has 17 nitrogen and oxygen atoms in total. The van der Waals surface area contributed by atoms with Crippen LogP contribution >= 0.6 is 15.6 Å². The molecule has 0 aromatic rings. The van der Waals surface area contributed by atoms with Gasteiger partial charge in [0.2, 0.25) is 0 Å². The van der Waals surface area contributed by atoms with E-state index in [9.17, 15) is 43.2 Å². The lowest BCUT2D eigenvalue weighted by Crippen LogP contribution is -2.30. The molecule has 0 saturated heterocycles. The SMILES string of the molecule is CCCCCCCCCCCCCCCCCC(=O)OC[C@H](COP(=O)(O)OC[C@@H](O)COP(=O)(O)OC[C@@H](COC(=O)CCCCCCCCCCC(C)CC)OC(=O)CCCCCCCCCCCCC(C)CC)OC(=O)CCCCCCCCCCCCCCCC(C)C. The number of phosphoric ester groups is 2. The molecule has 0 spiro atoms. The van der Waals surface area contributed by atoms with Crippen molar-refractivity contribution in [1.82, 2.24) is 0 Å². The molecular formula is C78H152O17P2. The maximum Gasteiger partial charge on any atom is 0.472 e. The van der Waals surface area contributed by atoms with Crippen LogP contribution in [0.1, 0.15) is 402 Å². The van der Waals surface area contributed by atoms with Crippen LogP contribution in [0.15, 0.2) is 0 Å². The summed E-state index contributed by atoms with van der Waals surface area (Å²) in [7, 11) is -9.92. The van der Waals surface area contributed by atoms with Crippen LogP contribution in [0.3, 0.4) is 0 Å². The van der Waals surface area contributed by atoms with Gasteiger partial charge in [0, 0.05) is 25.7 Å². The molecular weight excluding hydrogens is 1270 g/mol. The number of ether oxygens (including phenoxy) is 4. The third kappa shape index (κ3) is 69.5. The summed E-state index contributed by atoms with van der Waals surface area (Å²) in [4.78, 5) is 73.0. The highest BCUT2D eigenvalue weighted by Gasteiger charge is 2.30. The summed E-state index contributed by atoms with van der Waals surface area (Å²) in [5.74, 6) is 0.253. The van der Waals surface area contributed by atoms with Crippen molar-refractivity contribution in [2.45, 2.75) is 420 Å². The summed E-state index contributed by atoms with van der Waals surface area (Å²) in [6.45, 7) is 12.0. The molecule has 19 heteroatoms. The molecule has 576 valence electrons. The summed E-state index contributed by atoms with van der Waals surface area (Å²) in [5, 5.41) is 10.6. The molecule has 0 saturated carbocycles. The highest BCUT2D eigenvalue weighted by Crippen LogP contribution is 2.45. The minimum atomic E-state index is -4.96. The zero-order chi connectivity index (χ0) is 71.6. The van der Waals surface area contributed by atoms with E-state index >= 15 is 0 Å². The van der Waals surface area contributed by atoms with Crippen LogP contribution in [0.4, 0.5) is 0 Å². The van der Waals surface area contributed by atoms with Gasteiger partial charge in [0.25, 0.3) is 0 Å². The Labute approximate surface area is 594 Å². The van der Waals surface area contributed by atoms with E-state index < -0.39 is 97.5 Å². The summed E-state index contributed by atoms with van der Waals surface area (Å²) < 4.78 is 68.7. The van der Waals surface area contributed by atoms with Gasteiger partial charge >= 0.3 is 39.5 Å². The topological polar surface area (TPSA) is 237 Å². The van der Waals surface area contributed by atoms with E-state index in [1.165, 1.54) is 212 Å². The van der Waals surface area contributed by atoms with E-state index in [0.717, 1.165) is 108 Å². The summed E-state index contributed by atoms with van der Waals surface area (Å²) in [5.41, 5.74) is 0. The van der Waals surface area contributed by atoms with Crippen molar-refractivity contribution in [2.24, 2.45) is 17.8 Å². The fourth-order valence-corrected chi connectivity index (χ4v) is 13.5. The average molecular weight is 1420 g/mol. The van der Waals surface area contributed by atoms with Crippen molar-refractivity contribution in [2.75, 3.05) is 39.6 Å². The van der Waals surface area contributed by atoms with Gasteiger partial charge in [0.15, 0.2) is 12.2 Å². The monoisotopic (exact) mass is 1420 g/mol. The zero-order valence-corrected chi connectivity index (χ0v) is 65.3. The fraction of sp³-hybridized carbons (Fsp3) is 0.949. The first-order chi connectivity index (χ1) is 46.8. The molecule has 97 heavy (non-hydrogen) atoms. The lowest BCUT2D eigenvalue weighted by molar-refractivity contribution is -0.161. The minimum absolute atomic E-state index is 0.106. The Bertz CT molecular complexity index is 1890. The molecule has 0 rings (SSSR count). The highest BCUT2D eigenvalue weighted by molar-refractivity contribution is 7.47. The quantitative estimate of drug-likeness (QED) is 0.0222. The van der Waals surface area contributed by atoms with Gasteiger partial charge in [-0.2, -0.15) is 0 Å². The second kappa shape index (κ2) is 68.5. The molecule has 0 amide bonds. The molecule has 0 fully saturated rings. The van der Waals surface area contributed by atoms with E-state index in [1.807, 2.05) is 0 Å². The molecule has 0 bridgehead atoms. The highest BCUT2D eigenvalue weighted by atomic mass is 31.2. The van der Waals surface area contributed by atoms with E-state index in [-0.39, 0.29) is 25.7 Å². The first kappa shape index (κ1) is 95.1. The summed E-state index contributed by atoms with van der Waals surface area (Å²) in [6.07, 6.45) is 55.2. The third-order valence-corrected chi connectivity index (χ3v) is 20.8. The zero-order valence-electron chi connectivity index (χ0n) is 63.5. The van der Waals surface area contributed by atoms with Crippen molar-refractivity contribution >= 4 is 39.5 Å². The molecule has 0 heterocycles. The van der Waals surface area contributed by atoms with Crippen molar-refractivity contribution in [3.63, 3.8) is 0 Å². The van der Waals surface area contributed by atoms with E-state index in [1.54, 1.807) is 0 Å². The predicted octanol–water partition coefficient (Wildman–Crippen LogP) is 23.0. The Morgan fingerprint density at radius 3 is 0.784 bits per heavy atom. The predicted molar refractivity (Wildman–Crippen MR) is 395 cm³/mol. The summed E-state index contributed by atoms with van der Waals surface area (Å²) >= 11 is 0. The van der Waals surface area contributed by atoms with Crippen molar-refractivity contribution in [1.29, 1.82) is 0 Å². The van der Waals surface area contributed by atoms with Gasteiger partial charge < -0.3 is 33.8 Å². The van der Waals surface area contributed by atoms with E-state index in [4.69, 9.17) is 37.0 Å². The van der Waals surface area contributed by atoms with Gasteiger partial charge in [-0.15, -0.1) is 0 Å². The Hall–Kier alpha value is -1.94. The molecule has 7 atom stereocenters. The largest absolute Gasteiger partial charge is 0.472 e. The molecule has 0 aromatic carbocycles. The van der Waals surface area contributed by atoms with Crippen molar-refractivity contribution < 1.29 is 80.2 Å². The van der Waals surface area contributed by atoms with Crippen LogP contribution in [-0.2, 0) is 65.4 Å². The van der Waals surface area contributed by atoms with Crippen LogP contribution in [0.5, 0.6) is 0 Å². The van der Waals surface area contributed by atoms with Crippen molar-refractivity contribution in [3.05, 3.63) is 0 Å². The van der Waals surface area contributed by atoms with Gasteiger partial charge in [-0.3, -0.25) is 37.3 Å². The number of phosphoric acid groups is 2. The van der Waals surface area contributed by atoms with Gasteiger partial charge in [0.1, 0.15) is 19.3 Å². The standard InChI is InChI=1S/C78H152O17P2/c1-8-11-12-13-14-15-16-17-18-21-24-30-38-45-52-59-75(80)88-65-73(94-77(82)61-54-47-40-31-25-22-19-20-23-28-35-42-49-56-69(4)5)67-92-96(84,85)90-63-72(79)64-91-97(86,87)93-68-74(66-89-76(81)60-53-46-39-34-33-37-44-51-58-71(7)10-3)95-78(83)62-55-48-41-32-27-26-29-36-43-50-57-70(6)9-2/h69-74,79H,8-68H2,1-7H3,(H,84,85)(H,86,87)/t70?,71?,72-,73-,74-/m1/s1. The number of hydrogen-bond acceptors (Lipinski definition) is 15. The van der Waals surface area contributed by atoms with Crippen LogP contribution < -0.4 is 0 Å². The Kier molecular flexibility index (Phi) is 67.1. The fourth-order valence-electron chi connectivity index (χ4n) is 11.9. The summed E-state index contributed by atoms with van der Waals surface area (Å²) in [6, 6.07) is 0. The number of carbonyl (C=O) groups is 4. The molecule has 4 unspecified atom stereocenters. The molecule has 0 aliphatic rings. The molecule has 0 aliphatic heterocycles. The van der Waals surface area contributed by atoms with Crippen LogP contribution in [-0.4, -0.2) is 96.7 Å². The van der Waals surface area contributed by atoms with Gasteiger partial charge in [-0.25, -0.2) is 9.13 Å². The van der Waals surface area contributed by atoms with E-state index in [0.29, 0.717) is 25.7 Å². The molecule has 0 radical (unpaired) electrons. The second-order valence-corrected chi connectivity index (χ2v) is 32.0. The number of aliphatic hydroxyl groups excluding tert-OH is 1. The minimum Gasteiger partial charge on any atom is -0.462 e. The van der Waals surface area contributed by atoms with Gasteiger partial charge in [-0.05, 0) is 43.4 Å². The van der Waals surface area contributed by atoms with Crippen LogP contribution in [0, 0.1) is 17.8 Å². The normalized spacial score (nSPS) is 14.6. The Balaban J connectivity index is 5.28. The molecule has 3 N–H and O–H groups in total. The lowest BCUT2D eigenvalue weighted by Gasteiger charge is -2.21. The number of unbranched alkanes of at least 4 members (excludes halogenated alkanes) is 42. The van der Waals surface area contributed by atoms with Gasteiger partial charge in [0.05, 0.1) is 26.4 Å². The van der Waals surface area contributed by atoms with E-state index in [2.05, 4.69) is 48.5 Å². The van der Waals surface area contributed by atoms with Gasteiger partial charge in [-0.1, -0.05) is 350 Å². The first-order valence-electron chi connectivity index (χ1n) is 40.4. The maximum absolute atomic E-state index is 13.1. The number of hydrogen-bond donors (Lipinski definition) is 3. The molecule has 0 aliphatic carbocycles. The average Bonchev–Trinajstić information content (AvgIpc) is 1.00. The van der Waals surface area contributed by atoms with Crippen LogP contribution in [0.25, 0.3) is 0 Å². The first-order valence-corrected chi connectivity index (χ1v) is 43.4. The second-order valence-electron chi connectivity index (χ2n) is 29.1. The number of esters is 4. The third-order valence-electron chi connectivity index (χ3n) is 18.9. The lowest BCUT2D eigenvalue weighted by atomic mass is 9.99.